The minimum Gasteiger partial charge on any atom is -0.264 e. The molecule has 0 aliphatic carbocycles. The van der Waals surface area contributed by atoms with Crippen molar-refractivity contribution in [3.63, 3.8) is 0 Å². The number of fused-ring (bicyclic) bond motifs is 3. The predicted molar refractivity (Wildman–Crippen MR) is 81.4 cm³/mol. The Hall–Kier alpha value is -2.19. The van der Waals surface area contributed by atoms with E-state index < -0.39 is 0 Å². The van der Waals surface area contributed by atoms with Crippen LogP contribution in [-0.2, 0) is 0 Å². The quantitative estimate of drug-likeness (QED) is 0.473. The Morgan fingerprint density at radius 1 is 0.947 bits per heavy atom. The Balaban J connectivity index is 2.03. The van der Waals surface area contributed by atoms with Gasteiger partial charge in [0, 0.05) is 38.1 Å². The summed E-state index contributed by atoms with van der Waals surface area (Å²) < 4.78 is 2.64. The zero-order chi connectivity index (χ0) is 12.7. The number of benzene rings is 2. The van der Waals surface area contributed by atoms with E-state index in [-0.39, 0.29) is 0 Å². The fourth-order valence-electron chi connectivity index (χ4n) is 2.38. The maximum absolute atomic E-state index is 4.19. The third kappa shape index (κ3) is 1.72. The number of aromatic nitrogens is 1. The fourth-order valence-corrected chi connectivity index (χ4v) is 3.44. The van der Waals surface area contributed by atoms with Crippen LogP contribution in [0.1, 0.15) is 0 Å². The summed E-state index contributed by atoms with van der Waals surface area (Å²) in [4.78, 5) is 4.19. The highest BCUT2D eigenvalue weighted by Crippen LogP contribution is 2.35. The SMILES string of the molecule is [c]1ccc2sc3ccc(-c4cccnc4)cc3c2c1. The van der Waals surface area contributed by atoms with E-state index in [1.165, 1.54) is 25.7 Å². The molecule has 4 rings (SSSR count). The van der Waals surface area contributed by atoms with Gasteiger partial charge in [-0.15, -0.1) is 11.3 Å². The van der Waals surface area contributed by atoms with Crippen LogP contribution in [0.3, 0.4) is 0 Å². The molecule has 2 heterocycles. The van der Waals surface area contributed by atoms with Crippen LogP contribution in [0.4, 0.5) is 0 Å². The van der Waals surface area contributed by atoms with Crippen LogP contribution in [0.25, 0.3) is 31.3 Å². The Kier molecular flexibility index (Phi) is 2.35. The molecular weight excluding hydrogens is 250 g/mol. The topological polar surface area (TPSA) is 12.9 Å². The molecule has 2 aromatic heterocycles. The first-order chi connectivity index (χ1) is 9.42. The van der Waals surface area contributed by atoms with Crippen molar-refractivity contribution in [3.05, 3.63) is 67.0 Å². The van der Waals surface area contributed by atoms with E-state index in [0.717, 1.165) is 5.56 Å². The van der Waals surface area contributed by atoms with Crippen molar-refractivity contribution in [2.45, 2.75) is 0 Å². The number of pyridine rings is 1. The summed E-state index contributed by atoms with van der Waals surface area (Å²) in [5.41, 5.74) is 2.37. The standard InChI is InChI=1S/C17H10NS/c1-2-6-16-14(5-1)15-10-12(7-8-17(15)19-16)13-4-3-9-18-11-13/h2-11H. The van der Waals surface area contributed by atoms with Gasteiger partial charge in [0.2, 0.25) is 0 Å². The number of thiophene rings is 1. The molecule has 2 heteroatoms. The molecule has 0 aliphatic rings. The van der Waals surface area contributed by atoms with Gasteiger partial charge in [0.05, 0.1) is 0 Å². The zero-order valence-corrected chi connectivity index (χ0v) is 10.9. The number of nitrogens with zero attached hydrogens (tertiary/aromatic N) is 1. The second-order valence-corrected chi connectivity index (χ2v) is 5.56. The molecule has 0 N–H and O–H groups in total. The molecule has 0 fully saturated rings. The number of rotatable bonds is 1. The van der Waals surface area contributed by atoms with Crippen molar-refractivity contribution >= 4 is 31.5 Å². The third-order valence-electron chi connectivity index (χ3n) is 3.31. The number of hydrogen-bond donors (Lipinski definition) is 0. The first-order valence-electron chi connectivity index (χ1n) is 6.14. The minimum absolute atomic E-state index is 1.16. The maximum Gasteiger partial charge on any atom is 0.0355 e. The molecule has 0 saturated heterocycles. The first kappa shape index (κ1) is 10.7. The summed E-state index contributed by atoms with van der Waals surface area (Å²) in [6.07, 6.45) is 3.71. The predicted octanol–water partition coefficient (Wildman–Crippen LogP) is 4.92. The van der Waals surface area contributed by atoms with Crippen LogP contribution in [0, 0.1) is 6.07 Å². The third-order valence-corrected chi connectivity index (χ3v) is 4.46. The highest BCUT2D eigenvalue weighted by atomic mass is 32.1. The Bertz CT molecular complexity index is 862. The van der Waals surface area contributed by atoms with Crippen LogP contribution >= 0.6 is 11.3 Å². The summed E-state index contributed by atoms with van der Waals surface area (Å²) in [6, 6.07) is 20.0. The van der Waals surface area contributed by atoms with Crippen LogP contribution in [-0.4, -0.2) is 4.98 Å². The van der Waals surface area contributed by atoms with Crippen molar-refractivity contribution in [2.24, 2.45) is 0 Å². The van der Waals surface area contributed by atoms with Crippen molar-refractivity contribution in [1.29, 1.82) is 0 Å². The van der Waals surface area contributed by atoms with Gasteiger partial charge >= 0.3 is 0 Å². The van der Waals surface area contributed by atoms with Gasteiger partial charge in [-0.3, -0.25) is 4.98 Å². The van der Waals surface area contributed by atoms with Gasteiger partial charge in [0.1, 0.15) is 0 Å². The van der Waals surface area contributed by atoms with E-state index in [2.05, 4.69) is 47.4 Å². The highest BCUT2D eigenvalue weighted by molar-refractivity contribution is 7.25. The van der Waals surface area contributed by atoms with Gasteiger partial charge < -0.3 is 0 Å². The Morgan fingerprint density at radius 3 is 2.79 bits per heavy atom. The van der Waals surface area contributed by atoms with E-state index >= 15 is 0 Å². The molecule has 4 aromatic rings. The molecule has 0 saturated carbocycles. The summed E-state index contributed by atoms with van der Waals surface area (Å²) in [6.45, 7) is 0. The van der Waals surface area contributed by atoms with Crippen LogP contribution in [0.15, 0.2) is 60.9 Å². The molecule has 19 heavy (non-hydrogen) atoms. The maximum atomic E-state index is 4.19. The van der Waals surface area contributed by atoms with E-state index in [4.69, 9.17) is 0 Å². The second kappa shape index (κ2) is 4.18. The van der Waals surface area contributed by atoms with Crippen LogP contribution in [0.5, 0.6) is 0 Å². The molecule has 1 nitrogen and oxygen atoms in total. The summed E-state index contributed by atoms with van der Waals surface area (Å²) in [7, 11) is 0. The minimum atomic E-state index is 1.16. The van der Waals surface area contributed by atoms with Gasteiger partial charge in [-0.05, 0) is 42.0 Å². The van der Waals surface area contributed by atoms with Gasteiger partial charge in [-0.25, -0.2) is 0 Å². The second-order valence-electron chi connectivity index (χ2n) is 4.48. The molecule has 0 atom stereocenters. The van der Waals surface area contributed by atoms with Gasteiger partial charge in [-0.2, -0.15) is 0 Å². The Morgan fingerprint density at radius 2 is 1.89 bits per heavy atom. The van der Waals surface area contributed by atoms with E-state index in [0.29, 0.717) is 0 Å². The van der Waals surface area contributed by atoms with Crippen molar-refractivity contribution in [3.8, 4) is 11.1 Å². The fraction of sp³-hybridized carbons (Fsp3) is 0. The molecule has 0 aliphatic heterocycles. The van der Waals surface area contributed by atoms with Crippen molar-refractivity contribution in [1.82, 2.24) is 4.98 Å². The van der Waals surface area contributed by atoms with Gasteiger partial charge in [-0.1, -0.05) is 18.2 Å². The molecule has 0 bridgehead atoms. The summed E-state index contributed by atoms with van der Waals surface area (Å²) in [5.74, 6) is 0. The lowest BCUT2D eigenvalue weighted by Crippen LogP contribution is -1.78. The lowest BCUT2D eigenvalue weighted by Gasteiger charge is -2.01. The lowest BCUT2D eigenvalue weighted by atomic mass is 10.0. The van der Waals surface area contributed by atoms with Crippen molar-refractivity contribution in [2.75, 3.05) is 0 Å². The molecule has 0 unspecified atom stereocenters. The molecule has 2 aromatic carbocycles. The van der Waals surface area contributed by atoms with Crippen molar-refractivity contribution < 1.29 is 0 Å². The zero-order valence-electron chi connectivity index (χ0n) is 10.1. The lowest BCUT2D eigenvalue weighted by molar-refractivity contribution is 1.33. The molecule has 89 valence electrons. The average Bonchev–Trinajstić information content (AvgIpc) is 2.86. The smallest absolute Gasteiger partial charge is 0.0355 e. The number of hydrogen-bond acceptors (Lipinski definition) is 2. The van der Waals surface area contributed by atoms with Gasteiger partial charge in [0.15, 0.2) is 0 Å². The summed E-state index contributed by atoms with van der Waals surface area (Å²) >= 11 is 1.83. The van der Waals surface area contributed by atoms with Crippen LogP contribution in [0.2, 0.25) is 0 Å². The first-order valence-corrected chi connectivity index (χ1v) is 6.96. The Labute approximate surface area is 115 Å². The largest absolute Gasteiger partial charge is 0.264 e. The monoisotopic (exact) mass is 260 g/mol. The average molecular weight is 260 g/mol. The molecular formula is C17H10NS. The molecule has 0 amide bonds. The van der Waals surface area contributed by atoms with E-state index in [9.17, 15) is 0 Å². The molecule has 1 radical (unpaired) electrons. The summed E-state index contributed by atoms with van der Waals surface area (Å²) in [5, 5.41) is 2.59. The van der Waals surface area contributed by atoms with E-state index in [1.54, 1.807) is 6.20 Å². The van der Waals surface area contributed by atoms with Gasteiger partial charge in [0.25, 0.3) is 0 Å². The highest BCUT2D eigenvalue weighted by Gasteiger charge is 2.06. The van der Waals surface area contributed by atoms with E-state index in [1.807, 2.05) is 29.7 Å². The molecule has 0 spiro atoms. The normalized spacial score (nSPS) is 11.2. The van der Waals surface area contributed by atoms with Crippen LogP contribution < -0.4 is 0 Å².